The van der Waals surface area contributed by atoms with Crippen LogP contribution in [0.15, 0.2) is 29.1 Å². The van der Waals surface area contributed by atoms with Crippen molar-refractivity contribution in [2.45, 2.75) is 66.2 Å². The minimum absolute atomic E-state index is 0.0673. The van der Waals surface area contributed by atoms with Crippen LogP contribution in [0, 0.1) is 11.3 Å². The number of aromatic nitrogens is 2. The second-order valence-electron chi connectivity index (χ2n) is 9.60. The third-order valence-electron chi connectivity index (χ3n) is 6.43. The lowest BCUT2D eigenvalue weighted by molar-refractivity contribution is -0.116. The van der Waals surface area contributed by atoms with Crippen LogP contribution in [0.5, 0.6) is 0 Å². The van der Waals surface area contributed by atoms with Gasteiger partial charge in [0.05, 0.1) is 5.39 Å². The van der Waals surface area contributed by atoms with Gasteiger partial charge in [-0.3, -0.25) is 9.59 Å². The number of nitrogens with one attached hydrogen (secondary N) is 2. The molecule has 3 aromatic rings. The van der Waals surface area contributed by atoms with E-state index in [1.165, 1.54) is 16.0 Å². The fourth-order valence-electron chi connectivity index (χ4n) is 4.37. The fraction of sp³-hybridized carbons (Fsp3) is 0.480. The van der Waals surface area contributed by atoms with Crippen molar-refractivity contribution in [3.63, 3.8) is 0 Å². The Morgan fingerprint density at radius 3 is 2.68 bits per heavy atom. The van der Waals surface area contributed by atoms with E-state index in [0.29, 0.717) is 18.2 Å². The molecule has 0 fully saturated rings. The lowest BCUT2D eigenvalue weighted by atomic mass is 9.72. The van der Waals surface area contributed by atoms with Gasteiger partial charge in [0, 0.05) is 23.4 Å². The SMILES string of the molecule is CCc1ccc(NC(=O)CCc2nc3sc4c(c3c(=O)[nH]2)CCC(C(C)(C)C)C4)cc1. The smallest absolute Gasteiger partial charge is 0.259 e. The van der Waals surface area contributed by atoms with Crippen molar-refractivity contribution in [1.82, 2.24) is 9.97 Å². The number of amides is 1. The maximum absolute atomic E-state index is 12.8. The Labute approximate surface area is 187 Å². The molecule has 0 saturated carbocycles. The van der Waals surface area contributed by atoms with Gasteiger partial charge < -0.3 is 10.3 Å². The maximum atomic E-state index is 12.8. The molecule has 6 heteroatoms. The number of benzene rings is 1. The van der Waals surface area contributed by atoms with Crippen LogP contribution >= 0.6 is 11.3 Å². The van der Waals surface area contributed by atoms with Gasteiger partial charge in [-0.25, -0.2) is 4.98 Å². The summed E-state index contributed by atoms with van der Waals surface area (Å²) >= 11 is 1.66. The molecular formula is C25H31N3O2S. The van der Waals surface area contributed by atoms with Gasteiger partial charge >= 0.3 is 0 Å². The molecule has 164 valence electrons. The van der Waals surface area contributed by atoms with E-state index in [9.17, 15) is 9.59 Å². The molecule has 1 amide bonds. The van der Waals surface area contributed by atoms with Crippen LogP contribution in [-0.4, -0.2) is 15.9 Å². The van der Waals surface area contributed by atoms with Crippen LogP contribution in [0.1, 0.15) is 62.4 Å². The predicted molar refractivity (Wildman–Crippen MR) is 128 cm³/mol. The van der Waals surface area contributed by atoms with Crippen LogP contribution in [0.3, 0.4) is 0 Å². The summed E-state index contributed by atoms with van der Waals surface area (Å²) in [5.74, 6) is 1.13. The summed E-state index contributed by atoms with van der Waals surface area (Å²) in [6.45, 7) is 8.98. The second kappa shape index (κ2) is 8.58. The van der Waals surface area contributed by atoms with E-state index in [-0.39, 0.29) is 23.3 Å². The van der Waals surface area contributed by atoms with Crippen LogP contribution in [0.4, 0.5) is 5.69 Å². The zero-order valence-electron chi connectivity index (χ0n) is 18.8. The molecule has 4 rings (SSSR count). The molecule has 31 heavy (non-hydrogen) atoms. The number of aryl methyl sites for hydroxylation is 3. The van der Waals surface area contributed by atoms with E-state index in [1.54, 1.807) is 11.3 Å². The lowest BCUT2D eigenvalue weighted by Gasteiger charge is -2.33. The lowest BCUT2D eigenvalue weighted by Crippen LogP contribution is -2.26. The molecule has 1 aliphatic rings. The Kier molecular flexibility index (Phi) is 6.02. The number of aromatic amines is 1. The first-order chi connectivity index (χ1) is 14.7. The van der Waals surface area contributed by atoms with Gasteiger partial charge in [-0.15, -0.1) is 11.3 Å². The highest BCUT2D eigenvalue weighted by Gasteiger charge is 2.31. The number of hydrogen-bond acceptors (Lipinski definition) is 4. The molecule has 1 unspecified atom stereocenters. The first kappa shape index (κ1) is 21.8. The fourth-order valence-corrected chi connectivity index (χ4v) is 5.68. The van der Waals surface area contributed by atoms with E-state index >= 15 is 0 Å². The van der Waals surface area contributed by atoms with Crippen LogP contribution in [0.25, 0.3) is 10.2 Å². The van der Waals surface area contributed by atoms with Gasteiger partial charge in [-0.05, 0) is 60.3 Å². The average molecular weight is 438 g/mol. The Morgan fingerprint density at radius 1 is 1.26 bits per heavy atom. The summed E-state index contributed by atoms with van der Waals surface area (Å²) in [5.41, 5.74) is 3.42. The number of rotatable bonds is 5. The number of hydrogen-bond donors (Lipinski definition) is 2. The molecule has 1 aliphatic carbocycles. The van der Waals surface area contributed by atoms with Gasteiger partial charge in [0.15, 0.2) is 0 Å². The van der Waals surface area contributed by atoms with Gasteiger partial charge in [0.25, 0.3) is 5.56 Å². The molecule has 0 radical (unpaired) electrons. The number of nitrogens with zero attached hydrogens (tertiary/aromatic N) is 1. The Morgan fingerprint density at radius 2 is 2.00 bits per heavy atom. The molecule has 2 N–H and O–H groups in total. The first-order valence-corrected chi connectivity index (χ1v) is 12.0. The molecule has 5 nitrogen and oxygen atoms in total. The number of fused-ring (bicyclic) bond motifs is 3. The molecule has 2 heterocycles. The minimum atomic E-state index is -0.0783. The number of carbonyl (C=O) groups is 1. The third-order valence-corrected chi connectivity index (χ3v) is 7.58. The Hall–Kier alpha value is -2.47. The van der Waals surface area contributed by atoms with Crippen molar-refractivity contribution in [3.8, 4) is 0 Å². The molecule has 0 bridgehead atoms. The van der Waals surface area contributed by atoms with Gasteiger partial charge in [0.2, 0.25) is 5.91 Å². The summed E-state index contributed by atoms with van der Waals surface area (Å²) in [6, 6.07) is 7.88. The Balaban J connectivity index is 1.46. The van der Waals surface area contributed by atoms with Crippen LogP contribution in [-0.2, 0) is 30.5 Å². The van der Waals surface area contributed by atoms with Gasteiger partial charge in [-0.1, -0.05) is 39.8 Å². The first-order valence-electron chi connectivity index (χ1n) is 11.2. The molecule has 0 spiro atoms. The van der Waals surface area contributed by atoms with E-state index in [1.807, 2.05) is 24.3 Å². The summed E-state index contributed by atoms with van der Waals surface area (Å²) in [7, 11) is 0. The molecule has 1 atom stereocenters. The zero-order valence-corrected chi connectivity index (χ0v) is 19.6. The van der Waals surface area contributed by atoms with Crippen molar-refractivity contribution >= 4 is 33.1 Å². The van der Waals surface area contributed by atoms with Crippen LogP contribution in [0.2, 0.25) is 0 Å². The average Bonchev–Trinajstić information content (AvgIpc) is 3.10. The number of H-pyrrole nitrogens is 1. The normalized spacial score (nSPS) is 16.3. The maximum Gasteiger partial charge on any atom is 0.259 e. The highest BCUT2D eigenvalue weighted by atomic mass is 32.1. The molecule has 2 aromatic heterocycles. The van der Waals surface area contributed by atoms with Gasteiger partial charge in [0.1, 0.15) is 10.7 Å². The molecule has 0 saturated heterocycles. The highest BCUT2D eigenvalue weighted by molar-refractivity contribution is 7.18. The largest absolute Gasteiger partial charge is 0.326 e. The minimum Gasteiger partial charge on any atom is -0.326 e. The van der Waals surface area contributed by atoms with Crippen molar-refractivity contribution < 1.29 is 4.79 Å². The van der Waals surface area contributed by atoms with Crippen molar-refractivity contribution in [2.24, 2.45) is 11.3 Å². The van der Waals surface area contributed by atoms with Gasteiger partial charge in [-0.2, -0.15) is 0 Å². The van der Waals surface area contributed by atoms with E-state index in [2.05, 4.69) is 38.0 Å². The number of anilines is 1. The summed E-state index contributed by atoms with van der Waals surface area (Å²) < 4.78 is 0. The summed E-state index contributed by atoms with van der Waals surface area (Å²) in [4.78, 5) is 34.9. The standard InChI is InChI=1S/C25H31N3O2S/c1-5-15-6-9-17(10-7-15)26-21(29)13-12-20-27-23(30)22-18-11-8-16(25(2,3)4)14-19(18)31-24(22)28-20/h6-7,9-10,16H,5,8,11-14H2,1-4H3,(H,26,29)(H,27,28,30). The quantitative estimate of drug-likeness (QED) is 0.571. The third kappa shape index (κ3) is 4.74. The predicted octanol–water partition coefficient (Wildman–Crippen LogP) is 5.27. The molecular weight excluding hydrogens is 406 g/mol. The molecule has 1 aromatic carbocycles. The van der Waals surface area contributed by atoms with Crippen molar-refractivity contribution in [3.05, 3.63) is 56.4 Å². The van der Waals surface area contributed by atoms with Crippen molar-refractivity contribution in [1.29, 1.82) is 0 Å². The topological polar surface area (TPSA) is 74.8 Å². The second-order valence-corrected chi connectivity index (χ2v) is 10.7. The van der Waals surface area contributed by atoms with E-state index < -0.39 is 0 Å². The van der Waals surface area contributed by atoms with E-state index in [4.69, 9.17) is 4.98 Å². The zero-order chi connectivity index (χ0) is 22.2. The number of thiophene rings is 1. The highest BCUT2D eigenvalue weighted by Crippen LogP contribution is 2.41. The molecule has 0 aliphatic heterocycles. The van der Waals surface area contributed by atoms with E-state index in [0.717, 1.165) is 41.6 Å². The van der Waals surface area contributed by atoms with Crippen LogP contribution < -0.4 is 10.9 Å². The monoisotopic (exact) mass is 437 g/mol. The summed E-state index contributed by atoms with van der Waals surface area (Å²) in [6.07, 6.45) is 4.74. The Bertz CT molecular complexity index is 1150. The van der Waals surface area contributed by atoms with Crippen molar-refractivity contribution in [2.75, 3.05) is 5.32 Å². The summed E-state index contributed by atoms with van der Waals surface area (Å²) in [5, 5.41) is 3.68. The number of carbonyl (C=O) groups excluding carboxylic acids is 1.